The zero-order valence-corrected chi connectivity index (χ0v) is 22.1. The molecule has 4 atom stereocenters. The first-order valence-corrected chi connectivity index (χ1v) is 13.1. The number of hydrogen-bond acceptors (Lipinski definition) is 5. The van der Waals surface area contributed by atoms with Gasteiger partial charge in [0.05, 0.1) is 7.11 Å². The van der Waals surface area contributed by atoms with Gasteiger partial charge >= 0.3 is 5.97 Å². The standard InChI is InChI=1S/C31H36N2O4/c1-21(34)37-29-18-26(33(3)30(35)24-13-12-22-8-5-6-9-23(22)16-24)19-31(14-15-32(2)20-28(29)31)25-10-7-11-27(17-25)36-4/h5-13,16-17,26,28-29H,14-15,18-20H2,1-4H3/t26-,28+,29?,31+/m1/s1. The highest BCUT2D eigenvalue weighted by atomic mass is 16.5. The van der Waals surface area contributed by atoms with Gasteiger partial charge in [-0.2, -0.15) is 0 Å². The second-order valence-electron chi connectivity index (χ2n) is 10.7. The lowest BCUT2D eigenvalue weighted by Crippen LogP contribution is -2.61. The minimum atomic E-state index is -0.281. The molecule has 5 rings (SSSR count). The number of piperidine rings is 1. The van der Waals surface area contributed by atoms with Crippen LogP contribution in [0.25, 0.3) is 10.8 Å². The Labute approximate surface area is 219 Å². The average molecular weight is 501 g/mol. The van der Waals surface area contributed by atoms with E-state index < -0.39 is 0 Å². The van der Waals surface area contributed by atoms with Crippen LogP contribution in [0.2, 0.25) is 0 Å². The SMILES string of the molecule is COc1cccc([C@@]23CCN(C)C[C@H]2C(OC(C)=O)C[C@@H](N(C)C(=O)c2ccc4ccccc4c2)C3)c1. The van der Waals surface area contributed by atoms with Crippen molar-refractivity contribution in [2.45, 2.75) is 43.7 Å². The number of likely N-dealkylation sites (tertiary alicyclic amines) is 1. The quantitative estimate of drug-likeness (QED) is 0.466. The van der Waals surface area contributed by atoms with Crippen LogP contribution >= 0.6 is 0 Å². The van der Waals surface area contributed by atoms with E-state index in [0.29, 0.717) is 12.0 Å². The summed E-state index contributed by atoms with van der Waals surface area (Å²) in [7, 11) is 5.70. The van der Waals surface area contributed by atoms with Gasteiger partial charge in [-0.1, -0.05) is 42.5 Å². The van der Waals surface area contributed by atoms with Crippen LogP contribution in [0.15, 0.2) is 66.7 Å². The van der Waals surface area contributed by atoms with Crippen molar-refractivity contribution in [2.24, 2.45) is 5.92 Å². The van der Waals surface area contributed by atoms with Gasteiger partial charge in [-0.05, 0) is 67.0 Å². The third-order valence-corrected chi connectivity index (χ3v) is 8.54. The summed E-state index contributed by atoms with van der Waals surface area (Å²) in [6, 6.07) is 22.2. The van der Waals surface area contributed by atoms with Crippen molar-refractivity contribution in [3.05, 3.63) is 77.9 Å². The molecule has 1 heterocycles. The van der Waals surface area contributed by atoms with Crippen LogP contribution in [0.1, 0.15) is 42.1 Å². The Morgan fingerprint density at radius 1 is 1.03 bits per heavy atom. The lowest BCUT2D eigenvalue weighted by atomic mass is 9.56. The zero-order valence-electron chi connectivity index (χ0n) is 22.1. The summed E-state index contributed by atoms with van der Waals surface area (Å²) in [4.78, 5) is 30.2. The van der Waals surface area contributed by atoms with E-state index in [9.17, 15) is 9.59 Å². The summed E-state index contributed by atoms with van der Waals surface area (Å²) in [5, 5.41) is 2.16. The summed E-state index contributed by atoms with van der Waals surface area (Å²) in [6.07, 6.45) is 2.08. The molecule has 2 fully saturated rings. The summed E-state index contributed by atoms with van der Waals surface area (Å²) >= 11 is 0. The second-order valence-corrected chi connectivity index (χ2v) is 10.7. The fraction of sp³-hybridized carbons (Fsp3) is 0.419. The first-order valence-electron chi connectivity index (χ1n) is 13.1. The highest BCUT2D eigenvalue weighted by Crippen LogP contribution is 2.51. The van der Waals surface area contributed by atoms with Gasteiger partial charge in [-0.3, -0.25) is 9.59 Å². The Kier molecular flexibility index (Phi) is 6.95. The molecule has 0 bridgehead atoms. The third kappa shape index (κ3) is 4.82. The smallest absolute Gasteiger partial charge is 0.302 e. The number of methoxy groups -OCH3 is 1. The van der Waals surface area contributed by atoms with Gasteiger partial charge in [0.1, 0.15) is 11.9 Å². The highest BCUT2D eigenvalue weighted by molar-refractivity contribution is 5.98. The molecule has 6 nitrogen and oxygen atoms in total. The van der Waals surface area contributed by atoms with Gasteiger partial charge in [0, 0.05) is 49.9 Å². The zero-order chi connectivity index (χ0) is 26.2. The molecule has 1 aliphatic carbocycles. The van der Waals surface area contributed by atoms with E-state index in [2.05, 4.69) is 30.1 Å². The molecule has 0 radical (unpaired) electrons. The Morgan fingerprint density at radius 3 is 2.57 bits per heavy atom. The van der Waals surface area contributed by atoms with Gasteiger partial charge in [0.15, 0.2) is 0 Å². The lowest BCUT2D eigenvalue weighted by Gasteiger charge is -2.56. The summed E-state index contributed by atoms with van der Waals surface area (Å²) < 4.78 is 11.6. The van der Waals surface area contributed by atoms with Crippen molar-refractivity contribution in [2.75, 3.05) is 34.3 Å². The van der Waals surface area contributed by atoms with Crippen molar-refractivity contribution >= 4 is 22.6 Å². The fourth-order valence-electron chi connectivity index (χ4n) is 6.58. The molecule has 1 saturated carbocycles. The van der Waals surface area contributed by atoms with Crippen molar-refractivity contribution in [3.63, 3.8) is 0 Å². The molecule has 194 valence electrons. The van der Waals surface area contributed by atoms with E-state index in [1.807, 2.05) is 60.5 Å². The number of benzene rings is 3. The van der Waals surface area contributed by atoms with Crippen molar-refractivity contribution in [1.29, 1.82) is 0 Å². The molecule has 0 aromatic heterocycles. The lowest BCUT2D eigenvalue weighted by molar-refractivity contribution is -0.158. The number of rotatable bonds is 5. The molecular formula is C31H36N2O4. The number of ether oxygens (including phenoxy) is 2. The first kappa shape index (κ1) is 25.3. The van der Waals surface area contributed by atoms with Gasteiger partial charge < -0.3 is 19.3 Å². The van der Waals surface area contributed by atoms with Gasteiger partial charge in [0.25, 0.3) is 5.91 Å². The number of fused-ring (bicyclic) bond motifs is 2. The first-order chi connectivity index (χ1) is 17.8. The molecule has 37 heavy (non-hydrogen) atoms. The molecule has 3 aromatic rings. The van der Waals surface area contributed by atoms with Crippen LogP contribution in [0.3, 0.4) is 0 Å². The third-order valence-electron chi connectivity index (χ3n) is 8.54. The molecule has 2 aliphatic rings. The number of carbonyl (C=O) groups excluding carboxylic acids is 2. The van der Waals surface area contributed by atoms with Crippen LogP contribution in [0, 0.1) is 5.92 Å². The second kappa shape index (κ2) is 10.2. The highest BCUT2D eigenvalue weighted by Gasteiger charge is 2.54. The summed E-state index contributed by atoms with van der Waals surface area (Å²) in [5.41, 5.74) is 1.63. The topological polar surface area (TPSA) is 59.1 Å². The van der Waals surface area contributed by atoms with Gasteiger partial charge in [0.2, 0.25) is 0 Å². The Balaban J connectivity index is 1.53. The number of hydrogen-bond donors (Lipinski definition) is 0. The van der Waals surface area contributed by atoms with E-state index in [1.165, 1.54) is 12.5 Å². The monoisotopic (exact) mass is 500 g/mol. The fourth-order valence-corrected chi connectivity index (χ4v) is 6.58. The van der Waals surface area contributed by atoms with E-state index in [0.717, 1.165) is 42.5 Å². The van der Waals surface area contributed by atoms with Gasteiger partial charge in [-0.15, -0.1) is 0 Å². The summed E-state index contributed by atoms with van der Waals surface area (Å²) in [6.45, 7) is 3.26. The Hall–Kier alpha value is -3.38. The van der Waals surface area contributed by atoms with Crippen LogP contribution < -0.4 is 4.74 Å². The molecule has 1 saturated heterocycles. The molecule has 1 amide bonds. The molecule has 1 aliphatic heterocycles. The number of amides is 1. The van der Waals surface area contributed by atoms with Crippen molar-refractivity contribution in [3.8, 4) is 5.75 Å². The number of carbonyl (C=O) groups is 2. The molecule has 6 heteroatoms. The van der Waals surface area contributed by atoms with Crippen LogP contribution in [0.5, 0.6) is 5.75 Å². The minimum absolute atomic E-state index is 0.00972. The molecule has 0 spiro atoms. The molecule has 3 aromatic carbocycles. The summed E-state index contributed by atoms with van der Waals surface area (Å²) in [5.74, 6) is 0.658. The maximum absolute atomic E-state index is 13.8. The van der Waals surface area contributed by atoms with Crippen molar-refractivity contribution in [1.82, 2.24) is 9.80 Å². The van der Waals surface area contributed by atoms with E-state index in [4.69, 9.17) is 9.47 Å². The molecular weight excluding hydrogens is 464 g/mol. The largest absolute Gasteiger partial charge is 0.497 e. The maximum Gasteiger partial charge on any atom is 0.302 e. The van der Waals surface area contributed by atoms with Gasteiger partial charge in [-0.25, -0.2) is 0 Å². The van der Waals surface area contributed by atoms with Crippen LogP contribution in [-0.4, -0.2) is 68.1 Å². The molecule has 0 N–H and O–H groups in total. The predicted octanol–water partition coefficient (Wildman–Crippen LogP) is 4.90. The minimum Gasteiger partial charge on any atom is -0.497 e. The number of nitrogens with zero attached hydrogens (tertiary/aromatic N) is 2. The normalized spacial score (nSPS) is 25.8. The predicted molar refractivity (Wildman–Crippen MR) is 145 cm³/mol. The van der Waals surface area contributed by atoms with Crippen molar-refractivity contribution < 1.29 is 19.1 Å². The Bertz CT molecular complexity index is 1310. The van der Waals surface area contributed by atoms with E-state index >= 15 is 0 Å². The number of esters is 1. The van der Waals surface area contributed by atoms with Crippen LogP contribution in [-0.2, 0) is 14.9 Å². The average Bonchev–Trinajstić information content (AvgIpc) is 2.92. The van der Waals surface area contributed by atoms with E-state index in [1.54, 1.807) is 7.11 Å². The van der Waals surface area contributed by atoms with E-state index in [-0.39, 0.29) is 35.4 Å². The maximum atomic E-state index is 13.8. The molecule has 1 unspecified atom stereocenters. The Morgan fingerprint density at radius 2 is 1.81 bits per heavy atom. The van der Waals surface area contributed by atoms with Crippen LogP contribution in [0.4, 0.5) is 0 Å².